The zero-order valence-corrected chi connectivity index (χ0v) is 16.6. The predicted molar refractivity (Wildman–Crippen MR) is 112 cm³/mol. The molecule has 0 aliphatic carbocycles. The van der Waals surface area contributed by atoms with Gasteiger partial charge in [0.05, 0.1) is 5.52 Å². The van der Waals surface area contributed by atoms with Crippen molar-refractivity contribution in [2.24, 2.45) is 0 Å². The number of fused-ring (bicyclic) bond motifs is 1. The van der Waals surface area contributed by atoms with E-state index in [9.17, 15) is 4.79 Å². The molecule has 0 amide bonds. The Labute approximate surface area is 167 Å². The molecule has 2 aromatic heterocycles. The number of hydrogen-bond acceptors (Lipinski definition) is 4. The number of nitrogens with one attached hydrogen (secondary N) is 2. The van der Waals surface area contributed by atoms with Crippen LogP contribution >= 0.6 is 38.9 Å². The average molecular weight is 447 g/mol. The van der Waals surface area contributed by atoms with Crippen molar-refractivity contribution < 1.29 is 0 Å². The van der Waals surface area contributed by atoms with Crippen molar-refractivity contribution in [1.29, 1.82) is 0 Å². The third-order valence-electron chi connectivity index (χ3n) is 3.92. The Morgan fingerprint density at radius 3 is 2.69 bits per heavy atom. The second-order valence-corrected chi connectivity index (χ2v) is 8.07. The van der Waals surface area contributed by atoms with Crippen molar-refractivity contribution in [1.82, 2.24) is 9.97 Å². The fourth-order valence-corrected chi connectivity index (χ4v) is 4.06. The molecular formula is C19H13BrClN3OS. The Kier molecular flexibility index (Phi) is 4.80. The first-order valence-electron chi connectivity index (χ1n) is 7.87. The molecule has 4 aromatic rings. The highest BCUT2D eigenvalue weighted by molar-refractivity contribution is 9.10. The number of rotatable bonds is 4. The van der Waals surface area contributed by atoms with Crippen LogP contribution in [-0.4, -0.2) is 9.97 Å². The van der Waals surface area contributed by atoms with Crippen LogP contribution in [0, 0.1) is 0 Å². The number of H-pyrrole nitrogens is 1. The van der Waals surface area contributed by atoms with Gasteiger partial charge < -0.3 is 5.32 Å². The molecule has 0 aliphatic rings. The van der Waals surface area contributed by atoms with Gasteiger partial charge in [-0.15, -0.1) is 11.3 Å². The van der Waals surface area contributed by atoms with Crippen LogP contribution in [0.3, 0.4) is 0 Å². The minimum absolute atomic E-state index is 0.148. The van der Waals surface area contributed by atoms with Crippen LogP contribution in [0.25, 0.3) is 20.7 Å². The summed E-state index contributed by atoms with van der Waals surface area (Å²) >= 11 is 11.0. The van der Waals surface area contributed by atoms with Crippen LogP contribution in [0.5, 0.6) is 0 Å². The lowest BCUT2D eigenvalue weighted by molar-refractivity contribution is 1.06. The zero-order chi connectivity index (χ0) is 18.1. The first kappa shape index (κ1) is 17.3. The van der Waals surface area contributed by atoms with Gasteiger partial charge in [-0.25, -0.2) is 4.98 Å². The molecule has 0 saturated heterocycles. The van der Waals surface area contributed by atoms with E-state index in [0.29, 0.717) is 27.7 Å². The molecule has 0 fully saturated rings. The molecule has 0 unspecified atom stereocenters. The summed E-state index contributed by atoms with van der Waals surface area (Å²) in [6.07, 6.45) is 0. The molecule has 0 saturated carbocycles. The minimum atomic E-state index is -0.148. The minimum Gasteiger partial charge on any atom is -0.352 e. The van der Waals surface area contributed by atoms with Crippen molar-refractivity contribution in [2.75, 3.05) is 5.32 Å². The van der Waals surface area contributed by atoms with Gasteiger partial charge in [-0.3, -0.25) is 9.78 Å². The highest BCUT2D eigenvalue weighted by Gasteiger charge is 2.10. The highest BCUT2D eigenvalue weighted by Crippen LogP contribution is 2.31. The molecule has 7 heteroatoms. The number of anilines is 1. The van der Waals surface area contributed by atoms with Crippen LogP contribution < -0.4 is 10.9 Å². The first-order chi connectivity index (χ1) is 12.6. The quantitative estimate of drug-likeness (QED) is 0.424. The number of hydrogen-bond donors (Lipinski definition) is 2. The van der Waals surface area contributed by atoms with Gasteiger partial charge in [0.1, 0.15) is 4.70 Å². The number of halogens is 2. The van der Waals surface area contributed by atoms with Crippen LogP contribution in [0.2, 0.25) is 5.02 Å². The third kappa shape index (κ3) is 3.53. The average Bonchev–Trinajstić information content (AvgIpc) is 3.06. The monoisotopic (exact) mass is 445 g/mol. The van der Waals surface area contributed by atoms with Crippen molar-refractivity contribution in [3.63, 3.8) is 0 Å². The van der Waals surface area contributed by atoms with Crippen LogP contribution in [0.15, 0.2) is 63.9 Å². The molecule has 4 nitrogen and oxygen atoms in total. The van der Waals surface area contributed by atoms with Crippen molar-refractivity contribution in [3.8, 4) is 10.4 Å². The molecule has 2 heterocycles. The lowest BCUT2D eigenvalue weighted by atomic mass is 10.2. The van der Waals surface area contributed by atoms with E-state index in [4.69, 9.17) is 11.6 Å². The number of benzene rings is 2. The summed E-state index contributed by atoms with van der Waals surface area (Å²) in [5.74, 6) is 0.433. The smallest absolute Gasteiger partial charge is 0.270 e. The number of nitrogens with zero attached hydrogens (tertiary/aromatic N) is 1. The molecular weight excluding hydrogens is 434 g/mol. The normalized spacial score (nSPS) is 11.0. The standard InChI is InChI=1S/C19H13BrClN3OS/c20-13-7-5-11(6-8-13)16-9-15-17(26-16)18(25)24-19(23-15)22-10-12-3-1-2-4-14(12)21/h1-9H,10H2,(H2,22,23,24,25). The van der Waals surface area contributed by atoms with E-state index in [-0.39, 0.29) is 5.56 Å². The van der Waals surface area contributed by atoms with E-state index >= 15 is 0 Å². The maximum Gasteiger partial charge on any atom is 0.270 e. The topological polar surface area (TPSA) is 57.8 Å². The molecule has 0 bridgehead atoms. The van der Waals surface area contributed by atoms with E-state index in [1.54, 1.807) is 0 Å². The van der Waals surface area contributed by atoms with E-state index in [2.05, 4.69) is 31.2 Å². The van der Waals surface area contributed by atoms with E-state index in [1.165, 1.54) is 11.3 Å². The Morgan fingerprint density at radius 1 is 1.15 bits per heavy atom. The van der Waals surface area contributed by atoms with E-state index < -0.39 is 0 Å². The molecule has 0 atom stereocenters. The van der Waals surface area contributed by atoms with Gasteiger partial charge in [0.15, 0.2) is 0 Å². The zero-order valence-electron chi connectivity index (χ0n) is 13.4. The summed E-state index contributed by atoms with van der Waals surface area (Å²) in [4.78, 5) is 20.8. The highest BCUT2D eigenvalue weighted by atomic mass is 79.9. The van der Waals surface area contributed by atoms with Gasteiger partial charge in [-0.1, -0.05) is 57.9 Å². The Balaban J connectivity index is 1.65. The number of aromatic nitrogens is 2. The predicted octanol–water partition coefficient (Wildman–Crippen LogP) is 5.68. The number of aromatic amines is 1. The fraction of sp³-hybridized carbons (Fsp3) is 0.0526. The number of thiophene rings is 1. The maximum absolute atomic E-state index is 12.4. The van der Waals surface area contributed by atoms with Crippen LogP contribution in [0.1, 0.15) is 5.56 Å². The molecule has 130 valence electrons. The van der Waals surface area contributed by atoms with Gasteiger partial charge in [0, 0.05) is 20.9 Å². The first-order valence-corrected chi connectivity index (χ1v) is 9.86. The Hall–Kier alpha value is -2.15. The van der Waals surface area contributed by atoms with Crippen molar-refractivity contribution in [2.45, 2.75) is 6.54 Å². The molecule has 2 N–H and O–H groups in total. The van der Waals surface area contributed by atoms with E-state index in [0.717, 1.165) is 20.5 Å². The molecule has 0 radical (unpaired) electrons. The van der Waals surface area contributed by atoms with Gasteiger partial charge in [0.2, 0.25) is 5.95 Å². The van der Waals surface area contributed by atoms with Gasteiger partial charge >= 0.3 is 0 Å². The summed E-state index contributed by atoms with van der Waals surface area (Å²) in [5, 5.41) is 3.82. The molecule has 26 heavy (non-hydrogen) atoms. The lowest BCUT2D eigenvalue weighted by Crippen LogP contribution is -2.12. The molecule has 0 spiro atoms. The Bertz CT molecular complexity index is 1140. The van der Waals surface area contributed by atoms with Gasteiger partial charge in [0.25, 0.3) is 5.56 Å². The maximum atomic E-state index is 12.4. The van der Waals surface area contributed by atoms with Gasteiger partial charge in [-0.2, -0.15) is 0 Å². The summed E-state index contributed by atoms with van der Waals surface area (Å²) in [5.41, 5.74) is 2.53. The fourth-order valence-electron chi connectivity index (χ4n) is 2.60. The molecule has 4 rings (SSSR count). The van der Waals surface area contributed by atoms with Crippen LogP contribution in [0.4, 0.5) is 5.95 Å². The largest absolute Gasteiger partial charge is 0.352 e. The SMILES string of the molecule is O=c1[nH]c(NCc2ccccc2Cl)nc2cc(-c3ccc(Br)cc3)sc12. The third-order valence-corrected chi connectivity index (χ3v) is 5.99. The summed E-state index contributed by atoms with van der Waals surface area (Å²) in [7, 11) is 0. The lowest BCUT2D eigenvalue weighted by Gasteiger charge is -2.06. The van der Waals surface area contributed by atoms with Crippen molar-refractivity contribution in [3.05, 3.63) is 80.0 Å². The van der Waals surface area contributed by atoms with Crippen molar-refractivity contribution >= 4 is 55.0 Å². The summed E-state index contributed by atoms with van der Waals surface area (Å²) in [6.45, 7) is 0.484. The van der Waals surface area contributed by atoms with Gasteiger partial charge in [-0.05, 0) is 35.4 Å². The molecule has 2 aromatic carbocycles. The van der Waals surface area contributed by atoms with Crippen LogP contribution in [-0.2, 0) is 6.54 Å². The molecule has 0 aliphatic heterocycles. The van der Waals surface area contributed by atoms with E-state index in [1.807, 2.05) is 54.6 Å². The Morgan fingerprint density at radius 2 is 1.92 bits per heavy atom. The second kappa shape index (κ2) is 7.23. The summed E-state index contributed by atoms with van der Waals surface area (Å²) < 4.78 is 1.63. The summed E-state index contributed by atoms with van der Waals surface area (Å²) in [6, 6.07) is 17.5. The second-order valence-electron chi connectivity index (χ2n) is 5.69.